The maximum Gasteiger partial charge on any atom is 0.108 e. The van der Waals surface area contributed by atoms with Crippen LogP contribution in [0.5, 0.6) is 0 Å². The third kappa shape index (κ3) is 2.40. The lowest BCUT2D eigenvalue weighted by molar-refractivity contribution is 0.170. The Hall–Kier alpha value is -1.27. The van der Waals surface area contributed by atoms with Crippen molar-refractivity contribution < 1.29 is 5.11 Å². The first kappa shape index (κ1) is 10.3. The maximum absolute atomic E-state index is 9.79. The van der Waals surface area contributed by atoms with Gasteiger partial charge in [-0.3, -0.25) is 0 Å². The van der Waals surface area contributed by atoms with E-state index in [9.17, 15) is 5.11 Å². The summed E-state index contributed by atoms with van der Waals surface area (Å²) in [5.41, 5.74) is 0. The predicted molar refractivity (Wildman–Crippen MR) is 56.4 cm³/mol. The van der Waals surface area contributed by atoms with Crippen molar-refractivity contribution in [1.82, 2.24) is 19.1 Å². The van der Waals surface area contributed by atoms with Crippen molar-refractivity contribution >= 4 is 11.5 Å². The summed E-state index contributed by atoms with van der Waals surface area (Å²) in [6.45, 7) is 0. The van der Waals surface area contributed by atoms with Gasteiger partial charge in [-0.05, 0) is 18.0 Å². The average Bonchev–Trinajstić information content (AvgIpc) is 2.85. The minimum absolute atomic E-state index is 0.485. The number of hydrogen-bond donors (Lipinski definition) is 1. The summed E-state index contributed by atoms with van der Waals surface area (Å²) in [6, 6.07) is 0. The fraction of sp³-hybridized carbons (Fsp3) is 0.444. The van der Waals surface area contributed by atoms with Crippen LogP contribution >= 0.6 is 11.5 Å². The van der Waals surface area contributed by atoms with Crippen molar-refractivity contribution in [3.05, 3.63) is 29.3 Å². The molecule has 0 bridgehead atoms. The molecule has 0 aliphatic heterocycles. The monoisotopic (exact) mass is 224 g/mol. The van der Waals surface area contributed by atoms with E-state index < -0.39 is 6.10 Å². The molecule has 0 saturated carbocycles. The number of nitrogens with zero attached hydrogens (tertiary/aromatic N) is 4. The van der Waals surface area contributed by atoms with Gasteiger partial charge in [0.1, 0.15) is 5.82 Å². The molecule has 1 atom stereocenters. The fourth-order valence-electron chi connectivity index (χ4n) is 1.37. The number of aliphatic hydroxyl groups is 1. The molecule has 0 fully saturated rings. The highest BCUT2D eigenvalue weighted by atomic mass is 32.1. The van der Waals surface area contributed by atoms with Crippen LogP contribution in [0, 0.1) is 0 Å². The molecular formula is C9H12N4OS. The van der Waals surface area contributed by atoms with Crippen LogP contribution in [-0.2, 0) is 13.5 Å². The van der Waals surface area contributed by atoms with Gasteiger partial charge in [0.15, 0.2) is 0 Å². The minimum atomic E-state index is -0.485. The molecule has 0 radical (unpaired) electrons. The Labute approximate surface area is 91.6 Å². The van der Waals surface area contributed by atoms with Crippen molar-refractivity contribution in [2.24, 2.45) is 7.05 Å². The molecule has 1 unspecified atom stereocenters. The van der Waals surface area contributed by atoms with Crippen LogP contribution in [-0.4, -0.2) is 24.2 Å². The van der Waals surface area contributed by atoms with Crippen LogP contribution in [0.15, 0.2) is 18.6 Å². The summed E-state index contributed by atoms with van der Waals surface area (Å²) in [5, 5.41) is 13.5. The number of aryl methyl sites for hydroxylation is 2. The zero-order chi connectivity index (χ0) is 10.7. The summed E-state index contributed by atoms with van der Waals surface area (Å²) in [6.07, 6.45) is 6.18. The third-order valence-corrected chi connectivity index (χ3v) is 3.03. The lowest BCUT2D eigenvalue weighted by atomic mass is 10.2. The van der Waals surface area contributed by atoms with Crippen LogP contribution in [0.3, 0.4) is 0 Å². The lowest BCUT2D eigenvalue weighted by Gasteiger charge is -2.06. The van der Waals surface area contributed by atoms with E-state index in [1.807, 2.05) is 17.8 Å². The number of rotatable bonds is 4. The highest BCUT2D eigenvalue weighted by Gasteiger charge is 2.11. The summed E-state index contributed by atoms with van der Waals surface area (Å²) < 4.78 is 5.67. The molecule has 0 spiro atoms. The number of hydrogen-bond acceptors (Lipinski definition) is 5. The second-order valence-corrected chi connectivity index (χ2v) is 4.15. The SMILES string of the molecule is Cn1ccnc1CCC(O)c1cnns1. The van der Waals surface area contributed by atoms with Crippen molar-refractivity contribution in [3.8, 4) is 0 Å². The summed E-state index contributed by atoms with van der Waals surface area (Å²) in [4.78, 5) is 5.00. The summed E-state index contributed by atoms with van der Waals surface area (Å²) in [5.74, 6) is 0.978. The smallest absolute Gasteiger partial charge is 0.108 e. The number of imidazole rings is 1. The molecule has 80 valence electrons. The quantitative estimate of drug-likeness (QED) is 0.839. The molecule has 6 heteroatoms. The average molecular weight is 224 g/mol. The van der Waals surface area contributed by atoms with Crippen LogP contribution < -0.4 is 0 Å². The molecule has 15 heavy (non-hydrogen) atoms. The highest BCUT2D eigenvalue weighted by molar-refractivity contribution is 7.05. The molecule has 2 rings (SSSR count). The van der Waals surface area contributed by atoms with Gasteiger partial charge in [-0.25, -0.2) is 4.98 Å². The fourth-order valence-corrected chi connectivity index (χ4v) is 1.89. The van der Waals surface area contributed by atoms with Gasteiger partial charge in [-0.1, -0.05) is 4.49 Å². The van der Waals surface area contributed by atoms with Crippen LogP contribution in [0.2, 0.25) is 0 Å². The Morgan fingerprint density at radius 2 is 2.47 bits per heavy atom. The van der Waals surface area contributed by atoms with Crippen LogP contribution in [0.25, 0.3) is 0 Å². The Morgan fingerprint density at radius 1 is 1.60 bits per heavy atom. The molecule has 0 saturated heterocycles. The zero-order valence-corrected chi connectivity index (χ0v) is 9.18. The first-order chi connectivity index (χ1) is 7.27. The van der Waals surface area contributed by atoms with Gasteiger partial charge in [-0.15, -0.1) is 5.10 Å². The van der Waals surface area contributed by atoms with E-state index in [0.29, 0.717) is 6.42 Å². The molecule has 0 amide bonds. The van der Waals surface area contributed by atoms with Gasteiger partial charge in [0, 0.05) is 25.9 Å². The van der Waals surface area contributed by atoms with Gasteiger partial charge in [0.2, 0.25) is 0 Å². The predicted octanol–water partition coefficient (Wildman–Crippen LogP) is 0.938. The van der Waals surface area contributed by atoms with E-state index in [1.165, 1.54) is 11.5 Å². The van der Waals surface area contributed by atoms with E-state index in [4.69, 9.17) is 0 Å². The van der Waals surface area contributed by atoms with Crippen LogP contribution in [0.1, 0.15) is 23.2 Å². The van der Waals surface area contributed by atoms with E-state index in [2.05, 4.69) is 14.6 Å². The molecule has 2 aromatic rings. The van der Waals surface area contributed by atoms with Crippen molar-refractivity contribution in [3.63, 3.8) is 0 Å². The molecule has 0 aromatic carbocycles. The van der Waals surface area contributed by atoms with Gasteiger partial charge in [0.25, 0.3) is 0 Å². The van der Waals surface area contributed by atoms with Gasteiger partial charge < -0.3 is 9.67 Å². The van der Waals surface area contributed by atoms with Gasteiger partial charge >= 0.3 is 0 Å². The minimum Gasteiger partial charge on any atom is -0.387 e. The first-order valence-corrected chi connectivity index (χ1v) is 5.46. The largest absolute Gasteiger partial charge is 0.387 e. The molecule has 0 aliphatic carbocycles. The van der Waals surface area contributed by atoms with E-state index >= 15 is 0 Å². The lowest BCUT2D eigenvalue weighted by Crippen LogP contribution is -2.02. The van der Waals surface area contributed by atoms with Crippen molar-refractivity contribution in [2.45, 2.75) is 18.9 Å². The molecule has 1 N–H and O–H groups in total. The number of aliphatic hydroxyl groups excluding tert-OH is 1. The van der Waals surface area contributed by atoms with Crippen LogP contribution in [0.4, 0.5) is 0 Å². The summed E-state index contributed by atoms with van der Waals surface area (Å²) in [7, 11) is 1.95. The van der Waals surface area contributed by atoms with E-state index in [0.717, 1.165) is 17.1 Å². The Balaban J connectivity index is 1.91. The van der Waals surface area contributed by atoms with Gasteiger partial charge in [0.05, 0.1) is 17.2 Å². The molecule has 0 aliphatic rings. The van der Waals surface area contributed by atoms with E-state index in [-0.39, 0.29) is 0 Å². The molecule has 5 nitrogen and oxygen atoms in total. The van der Waals surface area contributed by atoms with Gasteiger partial charge in [-0.2, -0.15) is 0 Å². The Morgan fingerprint density at radius 3 is 3.07 bits per heavy atom. The normalized spacial score (nSPS) is 12.9. The number of aromatic nitrogens is 4. The van der Waals surface area contributed by atoms with Crippen molar-refractivity contribution in [1.29, 1.82) is 0 Å². The Bertz CT molecular complexity index is 411. The second kappa shape index (κ2) is 4.50. The molecular weight excluding hydrogens is 212 g/mol. The topological polar surface area (TPSA) is 63.8 Å². The first-order valence-electron chi connectivity index (χ1n) is 4.69. The second-order valence-electron chi connectivity index (χ2n) is 3.33. The van der Waals surface area contributed by atoms with Crippen molar-refractivity contribution in [2.75, 3.05) is 0 Å². The standard InChI is InChI=1S/C9H12N4OS/c1-13-5-4-10-9(13)3-2-7(14)8-6-11-12-15-8/h4-7,14H,2-3H2,1H3. The summed E-state index contributed by atoms with van der Waals surface area (Å²) >= 11 is 1.23. The van der Waals surface area contributed by atoms with E-state index in [1.54, 1.807) is 12.4 Å². The molecule has 2 heterocycles. The Kier molecular flexibility index (Phi) is 3.08. The molecule has 2 aromatic heterocycles. The maximum atomic E-state index is 9.79. The highest BCUT2D eigenvalue weighted by Crippen LogP contribution is 2.19. The zero-order valence-electron chi connectivity index (χ0n) is 8.37. The third-order valence-electron chi connectivity index (χ3n) is 2.27.